The molecule has 4 nitrogen and oxygen atoms in total. The maximum Gasteiger partial charge on any atom is 0.410 e. The Kier molecular flexibility index (Phi) is 4.39. The van der Waals surface area contributed by atoms with Crippen LogP contribution in [0.15, 0.2) is 0 Å². The zero-order chi connectivity index (χ0) is 14.0. The zero-order valence-corrected chi connectivity index (χ0v) is 12.7. The normalized spacial score (nSPS) is 28.3. The molecule has 0 spiro atoms. The molecule has 1 heterocycles. The van der Waals surface area contributed by atoms with Crippen molar-refractivity contribution in [2.45, 2.75) is 71.1 Å². The molecule has 0 aromatic rings. The van der Waals surface area contributed by atoms with Crippen LogP contribution >= 0.6 is 0 Å². The molecule has 19 heavy (non-hydrogen) atoms. The number of rotatable bonds is 3. The van der Waals surface area contributed by atoms with Crippen LogP contribution in [-0.4, -0.2) is 41.8 Å². The molecule has 0 bridgehead atoms. The Hall–Kier alpha value is -0.770. The van der Waals surface area contributed by atoms with Crippen LogP contribution in [0.4, 0.5) is 4.79 Å². The first-order valence-electron chi connectivity index (χ1n) is 7.63. The van der Waals surface area contributed by atoms with Crippen molar-refractivity contribution in [3.05, 3.63) is 0 Å². The van der Waals surface area contributed by atoms with Crippen LogP contribution in [0.25, 0.3) is 0 Å². The highest BCUT2D eigenvalue weighted by Crippen LogP contribution is 2.36. The van der Waals surface area contributed by atoms with E-state index in [4.69, 9.17) is 4.74 Å². The van der Waals surface area contributed by atoms with Crippen LogP contribution < -0.4 is 5.32 Å². The van der Waals surface area contributed by atoms with Gasteiger partial charge in [0.1, 0.15) is 5.60 Å². The molecule has 2 fully saturated rings. The lowest BCUT2D eigenvalue weighted by Gasteiger charge is -2.42. The minimum absolute atomic E-state index is 0.141. The molecule has 1 aliphatic carbocycles. The number of hydrogen-bond donors (Lipinski definition) is 1. The van der Waals surface area contributed by atoms with E-state index in [-0.39, 0.29) is 6.09 Å². The average molecular weight is 268 g/mol. The van der Waals surface area contributed by atoms with E-state index in [1.165, 1.54) is 12.8 Å². The van der Waals surface area contributed by atoms with Gasteiger partial charge in [0.2, 0.25) is 0 Å². The van der Waals surface area contributed by atoms with E-state index < -0.39 is 5.60 Å². The van der Waals surface area contributed by atoms with Crippen LogP contribution in [-0.2, 0) is 4.74 Å². The third-order valence-corrected chi connectivity index (χ3v) is 3.96. The molecule has 1 amide bonds. The Morgan fingerprint density at radius 1 is 1.37 bits per heavy atom. The van der Waals surface area contributed by atoms with Gasteiger partial charge < -0.3 is 15.0 Å². The van der Waals surface area contributed by atoms with Crippen molar-refractivity contribution in [3.63, 3.8) is 0 Å². The molecule has 2 atom stereocenters. The van der Waals surface area contributed by atoms with Crippen LogP contribution in [0, 0.1) is 5.92 Å². The van der Waals surface area contributed by atoms with Gasteiger partial charge in [0, 0.05) is 19.1 Å². The minimum atomic E-state index is -0.409. The van der Waals surface area contributed by atoms with Gasteiger partial charge in [-0.2, -0.15) is 0 Å². The molecule has 110 valence electrons. The monoisotopic (exact) mass is 268 g/mol. The Morgan fingerprint density at radius 2 is 2.05 bits per heavy atom. The Labute approximate surface area is 116 Å². The quantitative estimate of drug-likeness (QED) is 0.855. The summed E-state index contributed by atoms with van der Waals surface area (Å²) in [7, 11) is 0. The summed E-state index contributed by atoms with van der Waals surface area (Å²) in [5.41, 5.74) is -0.409. The number of piperazine rings is 1. The zero-order valence-electron chi connectivity index (χ0n) is 12.7. The lowest BCUT2D eigenvalue weighted by atomic mass is 9.96. The Morgan fingerprint density at radius 3 is 2.58 bits per heavy atom. The van der Waals surface area contributed by atoms with E-state index >= 15 is 0 Å². The van der Waals surface area contributed by atoms with E-state index in [1.807, 2.05) is 25.7 Å². The molecular weight excluding hydrogens is 240 g/mol. The number of carbonyl (C=O) groups excluding carboxylic acids is 1. The number of carbonyl (C=O) groups is 1. The van der Waals surface area contributed by atoms with Gasteiger partial charge in [0.05, 0.1) is 6.04 Å². The largest absolute Gasteiger partial charge is 0.444 e. The number of nitrogens with zero attached hydrogens (tertiary/aromatic N) is 1. The maximum absolute atomic E-state index is 12.4. The summed E-state index contributed by atoms with van der Waals surface area (Å²) in [5, 5.41) is 3.55. The summed E-state index contributed by atoms with van der Waals surface area (Å²) in [6, 6.07) is 0.725. The molecule has 1 saturated heterocycles. The summed E-state index contributed by atoms with van der Waals surface area (Å²) in [4.78, 5) is 14.3. The second-order valence-electron chi connectivity index (χ2n) is 6.89. The molecule has 1 N–H and O–H groups in total. The first-order valence-corrected chi connectivity index (χ1v) is 7.63. The predicted octanol–water partition coefficient (Wildman–Crippen LogP) is 2.77. The van der Waals surface area contributed by atoms with Crippen molar-refractivity contribution < 1.29 is 9.53 Å². The van der Waals surface area contributed by atoms with Crippen LogP contribution in [0.5, 0.6) is 0 Å². The number of ether oxygens (including phenoxy) is 1. The molecule has 1 aliphatic heterocycles. The van der Waals surface area contributed by atoms with Crippen LogP contribution in [0.3, 0.4) is 0 Å². The first kappa shape index (κ1) is 14.6. The van der Waals surface area contributed by atoms with Crippen molar-refractivity contribution >= 4 is 6.09 Å². The lowest BCUT2D eigenvalue weighted by Crippen LogP contribution is -2.60. The molecule has 0 aromatic carbocycles. The summed E-state index contributed by atoms with van der Waals surface area (Å²) >= 11 is 0. The number of amides is 1. The first-order chi connectivity index (χ1) is 8.90. The fraction of sp³-hybridized carbons (Fsp3) is 0.933. The van der Waals surface area contributed by atoms with Gasteiger partial charge in [0.15, 0.2) is 0 Å². The van der Waals surface area contributed by atoms with Gasteiger partial charge in [0.25, 0.3) is 0 Å². The molecule has 0 radical (unpaired) electrons. The molecule has 4 heteroatoms. The van der Waals surface area contributed by atoms with Crippen LogP contribution in [0.1, 0.15) is 53.4 Å². The Balaban J connectivity index is 2.03. The predicted molar refractivity (Wildman–Crippen MR) is 76.2 cm³/mol. The highest BCUT2D eigenvalue weighted by atomic mass is 16.6. The number of hydrogen-bond acceptors (Lipinski definition) is 3. The van der Waals surface area contributed by atoms with Crippen molar-refractivity contribution in [3.8, 4) is 0 Å². The molecular formula is C15H28N2O2. The third-order valence-electron chi connectivity index (χ3n) is 3.96. The van der Waals surface area contributed by atoms with Gasteiger partial charge in [-0.1, -0.05) is 19.8 Å². The van der Waals surface area contributed by atoms with E-state index in [2.05, 4.69) is 12.2 Å². The van der Waals surface area contributed by atoms with E-state index in [9.17, 15) is 4.79 Å². The molecule has 0 aromatic heterocycles. The van der Waals surface area contributed by atoms with Gasteiger partial charge >= 0.3 is 6.09 Å². The highest BCUT2D eigenvalue weighted by Gasteiger charge is 2.38. The van der Waals surface area contributed by atoms with E-state index in [1.54, 1.807) is 0 Å². The smallest absolute Gasteiger partial charge is 0.410 e. The van der Waals surface area contributed by atoms with Gasteiger partial charge in [-0.15, -0.1) is 0 Å². The molecule has 2 rings (SSSR count). The summed E-state index contributed by atoms with van der Waals surface area (Å²) in [6.07, 6.45) is 4.71. The van der Waals surface area contributed by atoms with E-state index in [0.717, 1.165) is 31.8 Å². The molecule has 2 unspecified atom stereocenters. The van der Waals surface area contributed by atoms with Crippen LogP contribution in [0.2, 0.25) is 0 Å². The van der Waals surface area contributed by atoms with Crippen molar-refractivity contribution in [1.29, 1.82) is 0 Å². The SMILES string of the molecule is CCC1NCCN(C(=O)OC(C)(C)C)C1CC1CC1. The van der Waals surface area contributed by atoms with Crippen molar-refractivity contribution in [2.24, 2.45) is 5.92 Å². The summed E-state index contributed by atoms with van der Waals surface area (Å²) in [5.74, 6) is 0.823. The Bertz CT molecular complexity index is 321. The summed E-state index contributed by atoms with van der Waals surface area (Å²) in [6.45, 7) is 9.62. The van der Waals surface area contributed by atoms with E-state index in [0.29, 0.717) is 12.1 Å². The topological polar surface area (TPSA) is 41.6 Å². The standard InChI is InChI=1S/C15H28N2O2/c1-5-12-13(10-11-6-7-11)17(9-8-16-12)14(18)19-15(2,3)4/h11-13,16H,5-10H2,1-4H3. The number of nitrogens with one attached hydrogen (secondary N) is 1. The minimum Gasteiger partial charge on any atom is -0.444 e. The third kappa shape index (κ3) is 4.10. The van der Waals surface area contributed by atoms with Crippen molar-refractivity contribution in [1.82, 2.24) is 10.2 Å². The van der Waals surface area contributed by atoms with Gasteiger partial charge in [-0.25, -0.2) is 4.79 Å². The second-order valence-corrected chi connectivity index (χ2v) is 6.89. The molecule has 2 aliphatic rings. The second kappa shape index (κ2) is 5.70. The van der Waals surface area contributed by atoms with Gasteiger partial charge in [-0.05, 0) is 39.5 Å². The average Bonchev–Trinajstić information content (AvgIpc) is 3.11. The van der Waals surface area contributed by atoms with Gasteiger partial charge in [-0.3, -0.25) is 0 Å². The highest BCUT2D eigenvalue weighted by molar-refractivity contribution is 5.69. The lowest BCUT2D eigenvalue weighted by molar-refractivity contribution is 0.00342. The molecule has 1 saturated carbocycles. The fourth-order valence-electron chi connectivity index (χ4n) is 2.84. The maximum atomic E-state index is 12.4. The summed E-state index contributed by atoms with van der Waals surface area (Å²) < 4.78 is 5.56. The van der Waals surface area contributed by atoms with Crippen molar-refractivity contribution in [2.75, 3.05) is 13.1 Å². The fourth-order valence-corrected chi connectivity index (χ4v) is 2.84.